The number of aryl methyl sites for hydroxylation is 1. The van der Waals surface area contributed by atoms with Crippen LogP contribution in [-0.4, -0.2) is 54.0 Å². The van der Waals surface area contributed by atoms with Crippen LogP contribution in [0.2, 0.25) is 5.02 Å². The molecule has 0 fully saturated rings. The van der Waals surface area contributed by atoms with Crippen LogP contribution in [0.25, 0.3) is 11.4 Å². The number of aromatic nitrogens is 5. The summed E-state index contributed by atoms with van der Waals surface area (Å²) < 4.78 is 24.4. The molecule has 0 radical (unpaired) electrons. The fourth-order valence-corrected chi connectivity index (χ4v) is 3.42. The Morgan fingerprint density at radius 1 is 1.12 bits per heavy atom. The van der Waals surface area contributed by atoms with Gasteiger partial charge in [0, 0.05) is 11.8 Å². The lowest BCUT2D eigenvalue weighted by atomic mass is 10.2. The number of carboxylic acids is 1. The Morgan fingerprint density at radius 2 is 1.80 bits per heavy atom. The SMILES string of the molecule is CC(C)(C)OC(=O)N[C@@H](CC(=O)O)Cn1nnc(-c2ccc(Oc3ncc(Cl)cc3F)cc2)n1.Cc1ccccc1. The van der Waals surface area contributed by atoms with E-state index in [-0.39, 0.29) is 29.7 Å². The number of pyridine rings is 1. The minimum Gasteiger partial charge on any atom is -0.481 e. The van der Waals surface area contributed by atoms with Gasteiger partial charge < -0.3 is 19.9 Å². The van der Waals surface area contributed by atoms with E-state index in [2.05, 4.69) is 44.8 Å². The van der Waals surface area contributed by atoms with Crippen LogP contribution >= 0.6 is 11.6 Å². The third-order valence-corrected chi connectivity index (χ3v) is 5.23. The number of hydrogen-bond acceptors (Lipinski definition) is 8. The van der Waals surface area contributed by atoms with Gasteiger partial charge >= 0.3 is 12.1 Å². The Hall–Kier alpha value is -4.58. The number of benzene rings is 2. The van der Waals surface area contributed by atoms with Crippen LogP contribution in [0, 0.1) is 12.7 Å². The lowest BCUT2D eigenvalue weighted by molar-refractivity contribution is -0.137. The van der Waals surface area contributed by atoms with Crippen LogP contribution in [0.15, 0.2) is 66.9 Å². The monoisotopic (exact) mass is 584 g/mol. The zero-order valence-corrected chi connectivity index (χ0v) is 23.7. The summed E-state index contributed by atoms with van der Waals surface area (Å²) >= 11 is 5.68. The second-order valence-electron chi connectivity index (χ2n) is 9.83. The molecule has 2 aromatic carbocycles. The number of amides is 1. The fraction of sp³-hybridized carbons (Fsp3) is 0.286. The number of hydrogen-bond donors (Lipinski definition) is 2. The van der Waals surface area contributed by atoms with Gasteiger partial charge in [-0.2, -0.15) is 4.80 Å². The number of carbonyl (C=O) groups is 2. The Balaban J connectivity index is 0.000000575. The molecular formula is C28H30ClFN6O5. The Bertz CT molecular complexity index is 1440. The zero-order chi connectivity index (χ0) is 30.0. The highest BCUT2D eigenvalue weighted by molar-refractivity contribution is 6.30. The van der Waals surface area contributed by atoms with Crippen LogP contribution in [-0.2, 0) is 16.1 Å². The van der Waals surface area contributed by atoms with Gasteiger partial charge in [-0.15, -0.1) is 10.2 Å². The average Bonchev–Trinajstić information content (AvgIpc) is 3.34. The van der Waals surface area contributed by atoms with Crippen molar-refractivity contribution in [1.29, 1.82) is 0 Å². The Morgan fingerprint density at radius 3 is 2.37 bits per heavy atom. The first kappa shape index (κ1) is 31.0. The standard InChI is InChI=1S/C21H22ClFN6O5.C7H8/c1-21(2,3)34-20(32)25-14(9-17(30)31)11-29-27-18(26-28-29)12-4-6-15(7-5-12)33-19-16(23)8-13(22)10-24-19;1-7-5-3-2-4-6-7/h4-8,10,14H,9,11H2,1-3H3,(H,25,32)(H,30,31);2-6H,1H3/t14-;/m0./s1. The molecule has 0 saturated heterocycles. The molecule has 0 aliphatic heterocycles. The van der Waals surface area contributed by atoms with E-state index in [1.54, 1.807) is 45.0 Å². The minimum absolute atomic E-state index is 0.0404. The molecule has 1 atom stereocenters. The second kappa shape index (κ2) is 14.2. The lowest BCUT2D eigenvalue weighted by Crippen LogP contribution is -2.42. The van der Waals surface area contributed by atoms with Gasteiger partial charge in [0.2, 0.25) is 5.82 Å². The molecule has 1 amide bonds. The van der Waals surface area contributed by atoms with Crippen molar-refractivity contribution in [2.75, 3.05) is 0 Å². The molecule has 2 aromatic heterocycles. The molecule has 0 spiro atoms. The largest absolute Gasteiger partial charge is 0.481 e. The highest BCUT2D eigenvalue weighted by Crippen LogP contribution is 2.26. The molecule has 0 saturated carbocycles. The fourth-order valence-electron chi connectivity index (χ4n) is 3.27. The molecule has 4 aromatic rings. The summed E-state index contributed by atoms with van der Waals surface area (Å²) in [6.07, 6.45) is 0.157. The van der Waals surface area contributed by atoms with E-state index in [9.17, 15) is 14.0 Å². The summed E-state index contributed by atoms with van der Waals surface area (Å²) in [6.45, 7) is 7.13. The predicted molar refractivity (Wildman–Crippen MR) is 149 cm³/mol. The molecule has 2 N–H and O–H groups in total. The Labute approximate surface area is 241 Å². The maximum Gasteiger partial charge on any atom is 0.407 e. The summed E-state index contributed by atoms with van der Waals surface area (Å²) in [5.74, 6) is -1.44. The number of halogens is 2. The molecule has 216 valence electrons. The number of rotatable bonds is 8. The molecular weight excluding hydrogens is 555 g/mol. The zero-order valence-electron chi connectivity index (χ0n) is 22.9. The van der Waals surface area contributed by atoms with Crippen molar-refractivity contribution in [2.45, 2.75) is 52.3 Å². The van der Waals surface area contributed by atoms with Gasteiger partial charge in [0.05, 0.1) is 24.0 Å². The van der Waals surface area contributed by atoms with Crippen molar-refractivity contribution in [3.05, 3.63) is 83.3 Å². The summed E-state index contributed by atoms with van der Waals surface area (Å²) in [6, 6.07) is 16.9. The van der Waals surface area contributed by atoms with Gasteiger partial charge in [-0.3, -0.25) is 4.79 Å². The predicted octanol–water partition coefficient (Wildman–Crippen LogP) is 5.68. The van der Waals surface area contributed by atoms with E-state index in [4.69, 9.17) is 26.2 Å². The molecule has 0 aliphatic rings. The van der Waals surface area contributed by atoms with Crippen LogP contribution in [0.4, 0.5) is 9.18 Å². The van der Waals surface area contributed by atoms with Crippen molar-refractivity contribution in [2.24, 2.45) is 0 Å². The number of tetrazole rings is 1. The first-order valence-electron chi connectivity index (χ1n) is 12.5. The highest BCUT2D eigenvalue weighted by atomic mass is 35.5. The minimum atomic E-state index is -1.11. The number of alkyl carbamates (subject to hydrolysis) is 1. The van der Waals surface area contributed by atoms with E-state index in [0.29, 0.717) is 11.3 Å². The molecule has 4 rings (SSSR count). The van der Waals surface area contributed by atoms with Crippen molar-refractivity contribution in [3.8, 4) is 23.0 Å². The number of ether oxygens (including phenoxy) is 2. The summed E-state index contributed by atoms with van der Waals surface area (Å²) in [7, 11) is 0. The maximum absolute atomic E-state index is 13.9. The maximum atomic E-state index is 13.9. The third kappa shape index (κ3) is 10.8. The van der Waals surface area contributed by atoms with Crippen LogP contribution in [0.1, 0.15) is 32.8 Å². The van der Waals surface area contributed by atoms with E-state index < -0.39 is 29.5 Å². The summed E-state index contributed by atoms with van der Waals surface area (Å²) in [4.78, 5) is 28.2. The molecule has 0 unspecified atom stereocenters. The van der Waals surface area contributed by atoms with E-state index >= 15 is 0 Å². The van der Waals surface area contributed by atoms with Gasteiger partial charge in [-0.25, -0.2) is 14.2 Å². The smallest absolute Gasteiger partial charge is 0.407 e. The first-order chi connectivity index (χ1) is 19.4. The summed E-state index contributed by atoms with van der Waals surface area (Å²) in [5.41, 5.74) is 1.17. The van der Waals surface area contributed by atoms with Gasteiger partial charge in [0.15, 0.2) is 5.82 Å². The molecule has 13 heteroatoms. The number of nitrogens with one attached hydrogen (secondary N) is 1. The molecule has 0 aliphatic carbocycles. The van der Waals surface area contributed by atoms with Crippen LogP contribution in [0.5, 0.6) is 11.6 Å². The molecule has 0 bridgehead atoms. The second-order valence-corrected chi connectivity index (χ2v) is 10.3. The normalized spacial score (nSPS) is 11.6. The quantitative estimate of drug-likeness (QED) is 0.267. The van der Waals surface area contributed by atoms with Crippen LogP contribution in [0.3, 0.4) is 0 Å². The Kier molecular flexibility index (Phi) is 10.7. The van der Waals surface area contributed by atoms with Crippen LogP contribution < -0.4 is 10.1 Å². The van der Waals surface area contributed by atoms with Gasteiger partial charge in [0.1, 0.15) is 11.4 Å². The lowest BCUT2D eigenvalue weighted by Gasteiger charge is -2.22. The number of aliphatic carboxylic acids is 1. The number of nitrogens with zero attached hydrogens (tertiary/aromatic N) is 5. The topological polar surface area (TPSA) is 141 Å². The molecule has 11 nitrogen and oxygen atoms in total. The third-order valence-electron chi connectivity index (χ3n) is 5.02. The number of carbonyl (C=O) groups excluding carboxylic acids is 1. The summed E-state index contributed by atoms with van der Waals surface area (Å²) in [5, 5.41) is 23.9. The molecule has 41 heavy (non-hydrogen) atoms. The van der Waals surface area contributed by atoms with E-state index in [0.717, 1.165) is 6.07 Å². The van der Waals surface area contributed by atoms with Crippen molar-refractivity contribution in [1.82, 2.24) is 30.5 Å². The van der Waals surface area contributed by atoms with Gasteiger partial charge in [-0.1, -0.05) is 47.5 Å². The van der Waals surface area contributed by atoms with Crippen molar-refractivity contribution >= 4 is 23.7 Å². The van der Waals surface area contributed by atoms with Crippen molar-refractivity contribution < 1.29 is 28.6 Å². The van der Waals surface area contributed by atoms with Gasteiger partial charge in [0.25, 0.3) is 5.88 Å². The van der Waals surface area contributed by atoms with Crippen molar-refractivity contribution in [3.63, 3.8) is 0 Å². The van der Waals surface area contributed by atoms with E-state index in [1.807, 2.05) is 18.2 Å². The molecule has 2 heterocycles. The average molecular weight is 585 g/mol. The first-order valence-corrected chi connectivity index (χ1v) is 12.9. The van der Waals surface area contributed by atoms with Gasteiger partial charge in [-0.05, 0) is 63.2 Å². The highest BCUT2D eigenvalue weighted by Gasteiger charge is 2.22. The number of carboxylic acid groups (broad SMARTS) is 1. The van der Waals surface area contributed by atoms with E-state index in [1.165, 1.54) is 16.6 Å².